The molecule has 0 radical (unpaired) electrons. The van der Waals surface area contributed by atoms with Crippen LogP contribution in [0.3, 0.4) is 0 Å². The van der Waals surface area contributed by atoms with Gasteiger partial charge in [0.15, 0.2) is 0 Å². The van der Waals surface area contributed by atoms with Crippen LogP contribution in [0.25, 0.3) is 0 Å². The number of rotatable bonds is 3. The predicted molar refractivity (Wildman–Crippen MR) is 55.9 cm³/mol. The second-order valence-electron chi connectivity index (χ2n) is 2.77. The minimum atomic E-state index is -0.870. The molecule has 0 aromatic carbocycles. The Bertz CT molecular complexity index is 324. The predicted octanol–water partition coefficient (Wildman–Crippen LogP) is 2.29. The summed E-state index contributed by atoms with van der Waals surface area (Å²) in [6.07, 6.45) is -0.0292. The van der Waals surface area contributed by atoms with Gasteiger partial charge in [0.1, 0.15) is 0 Å². The van der Waals surface area contributed by atoms with Crippen LogP contribution in [0.2, 0.25) is 0 Å². The fourth-order valence-electron chi connectivity index (χ4n) is 1.03. The molecule has 13 heavy (non-hydrogen) atoms. The zero-order chi connectivity index (χ0) is 10.0. The normalized spacial score (nSPS) is 12.8. The number of carboxylic acids is 1. The standard InChI is InChI=1S/C8H10BrNO2S/c1-4-2-5(9)8(13-4)6(10)3-7(11)12/h2,6H,3,10H2,1H3,(H,11,12)/t6-/m0/s1. The summed E-state index contributed by atoms with van der Waals surface area (Å²) in [4.78, 5) is 12.4. The molecule has 0 aliphatic carbocycles. The van der Waals surface area contributed by atoms with E-state index in [0.29, 0.717) is 0 Å². The number of hydrogen-bond acceptors (Lipinski definition) is 3. The molecule has 0 fully saturated rings. The zero-order valence-electron chi connectivity index (χ0n) is 7.08. The third kappa shape index (κ3) is 2.79. The molecule has 72 valence electrons. The van der Waals surface area contributed by atoms with Crippen LogP contribution in [-0.4, -0.2) is 11.1 Å². The Morgan fingerprint density at radius 3 is 2.85 bits per heavy atom. The van der Waals surface area contributed by atoms with Gasteiger partial charge in [0.05, 0.1) is 12.5 Å². The first-order chi connectivity index (χ1) is 6.00. The number of thiophene rings is 1. The number of hydrogen-bond donors (Lipinski definition) is 2. The van der Waals surface area contributed by atoms with E-state index < -0.39 is 12.0 Å². The quantitative estimate of drug-likeness (QED) is 0.880. The number of nitrogens with two attached hydrogens (primary N) is 1. The highest BCUT2D eigenvalue weighted by Gasteiger charge is 2.15. The molecule has 1 atom stereocenters. The van der Waals surface area contributed by atoms with Gasteiger partial charge < -0.3 is 10.8 Å². The molecule has 1 heterocycles. The van der Waals surface area contributed by atoms with E-state index in [2.05, 4.69) is 15.9 Å². The highest BCUT2D eigenvalue weighted by Crippen LogP contribution is 2.32. The summed E-state index contributed by atoms with van der Waals surface area (Å²) in [6, 6.07) is 1.53. The van der Waals surface area contributed by atoms with Crippen molar-refractivity contribution in [3.05, 3.63) is 20.3 Å². The molecular weight excluding hydrogens is 254 g/mol. The molecule has 0 amide bonds. The molecule has 0 saturated carbocycles. The van der Waals surface area contributed by atoms with E-state index in [0.717, 1.165) is 14.2 Å². The Morgan fingerprint density at radius 1 is 1.85 bits per heavy atom. The van der Waals surface area contributed by atoms with E-state index in [1.165, 1.54) is 11.3 Å². The van der Waals surface area contributed by atoms with Gasteiger partial charge in [-0.2, -0.15) is 0 Å². The highest BCUT2D eigenvalue weighted by atomic mass is 79.9. The molecule has 0 saturated heterocycles. The third-order valence-corrected chi connectivity index (χ3v) is 3.67. The Labute approximate surface area is 88.7 Å². The maximum Gasteiger partial charge on any atom is 0.305 e. The molecule has 1 aromatic rings. The first-order valence-corrected chi connectivity index (χ1v) is 5.35. The van der Waals surface area contributed by atoms with Crippen LogP contribution in [0.1, 0.15) is 22.2 Å². The van der Waals surface area contributed by atoms with Crippen molar-refractivity contribution in [1.29, 1.82) is 0 Å². The van der Waals surface area contributed by atoms with Crippen LogP contribution in [0, 0.1) is 6.92 Å². The highest BCUT2D eigenvalue weighted by molar-refractivity contribution is 9.10. The first-order valence-electron chi connectivity index (χ1n) is 3.74. The van der Waals surface area contributed by atoms with Crippen molar-refractivity contribution in [2.24, 2.45) is 5.73 Å². The molecule has 0 aliphatic rings. The van der Waals surface area contributed by atoms with Crippen LogP contribution < -0.4 is 5.73 Å². The molecule has 0 bridgehead atoms. The average molecular weight is 264 g/mol. The van der Waals surface area contributed by atoms with E-state index in [9.17, 15) is 4.79 Å². The second-order valence-corrected chi connectivity index (χ2v) is 4.92. The molecule has 3 N–H and O–H groups in total. The van der Waals surface area contributed by atoms with Gasteiger partial charge in [0.25, 0.3) is 0 Å². The van der Waals surface area contributed by atoms with E-state index in [1.54, 1.807) is 0 Å². The minimum Gasteiger partial charge on any atom is -0.481 e. The second kappa shape index (κ2) is 4.21. The van der Waals surface area contributed by atoms with E-state index in [-0.39, 0.29) is 6.42 Å². The monoisotopic (exact) mass is 263 g/mol. The summed E-state index contributed by atoms with van der Waals surface area (Å²) in [7, 11) is 0. The van der Waals surface area contributed by atoms with E-state index in [4.69, 9.17) is 10.8 Å². The first kappa shape index (κ1) is 10.7. The molecule has 1 rings (SSSR count). The lowest BCUT2D eigenvalue weighted by Crippen LogP contribution is -2.13. The van der Waals surface area contributed by atoms with Gasteiger partial charge in [-0.3, -0.25) is 4.79 Å². The Balaban J connectivity index is 2.81. The number of aryl methyl sites for hydroxylation is 1. The Kier molecular flexibility index (Phi) is 3.47. The smallest absolute Gasteiger partial charge is 0.305 e. The van der Waals surface area contributed by atoms with Crippen LogP contribution in [0.4, 0.5) is 0 Å². The van der Waals surface area contributed by atoms with Crippen molar-refractivity contribution in [1.82, 2.24) is 0 Å². The summed E-state index contributed by atoms with van der Waals surface area (Å²) in [5, 5.41) is 8.55. The maximum atomic E-state index is 10.4. The summed E-state index contributed by atoms with van der Waals surface area (Å²) < 4.78 is 0.906. The zero-order valence-corrected chi connectivity index (χ0v) is 9.48. The van der Waals surface area contributed by atoms with Gasteiger partial charge in [0, 0.05) is 14.2 Å². The van der Waals surface area contributed by atoms with Crippen molar-refractivity contribution >= 4 is 33.2 Å². The molecular formula is C8H10BrNO2S. The van der Waals surface area contributed by atoms with Gasteiger partial charge in [-0.05, 0) is 28.9 Å². The lowest BCUT2D eigenvalue weighted by molar-refractivity contribution is -0.137. The van der Waals surface area contributed by atoms with Crippen molar-refractivity contribution in [2.45, 2.75) is 19.4 Å². The van der Waals surface area contributed by atoms with Gasteiger partial charge in [0.2, 0.25) is 0 Å². The maximum absolute atomic E-state index is 10.4. The number of carboxylic acid groups (broad SMARTS) is 1. The number of carbonyl (C=O) groups is 1. The lowest BCUT2D eigenvalue weighted by atomic mass is 10.2. The third-order valence-electron chi connectivity index (χ3n) is 1.57. The summed E-state index contributed by atoms with van der Waals surface area (Å²) in [6.45, 7) is 1.96. The molecule has 1 aromatic heterocycles. The average Bonchev–Trinajstić information content (AvgIpc) is 2.28. The van der Waals surface area contributed by atoms with Gasteiger partial charge in [-0.1, -0.05) is 0 Å². The van der Waals surface area contributed by atoms with Gasteiger partial charge in [-0.15, -0.1) is 11.3 Å². The summed E-state index contributed by atoms with van der Waals surface area (Å²) >= 11 is 4.87. The molecule has 3 nitrogen and oxygen atoms in total. The van der Waals surface area contributed by atoms with Gasteiger partial charge in [-0.25, -0.2) is 0 Å². The minimum absolute atomic E-state index is 0.0292. The van der Waals surface area contributed by atoms with Gasteiger partial charge >= 0.3 is 5.97 Å². The van der Waals surface area contributed by atoms with Crippen LogP contribution in [0.15, 0.2) is 10.5 Å². The number of halogens is 1. The van der Waals surface area contributed by atoms with Crippen LogP contribution in [-0.2, 0) is 4.79 Å². The largest absolute Gasteiger partial charge is 0.481 e. The molecule has 0 unspecified atom stereocenters. The van der Waals surface area contributed by atoms with E-state index in [1.807, 2.05) is 13.0 Å². The van der Waals surface area contributed by atoms with Crippen molar-refractivity contribution in [3.8, 4) is 0 Å². The lowest BCUT2D eigenvalue weighted by Gasteiger charge is -2.06. The molecule has 0 aliphatic heterocycles. The molecule has 5 heteroatoms. The summed E-state index contributed by atoms with van der Waals surface area (Å²) in [5.41, 5.74) is 5.71. The number of aliphatic carboxylic acids is 1. The van der Waals surface area contributed by atoms with Crippen molar-refractivity contribution < 1.29 is 9.90 Å². The van der Waals surface area contributed by atoms with Crippen LogP contribution >= 0.6 is 27.3 Å². The molecule has 0 spiro atoms. The topological polar surface area (TPSA) is 63.3 Å². The van der Waals surface area contributed by atoms with Crippen LogP contribution in [0.5, 0.6) is 0 Å². The van der Waals surface area contributed by atoms with Crippen molar-refractivity contribution in [2.75, 3.05) is 0 Å². The Hall–Kier alpha value is -0.390. The fourth-order valence-corrected chi connectivity index (χ4v) is 2.98. The van der Waals surface area contributed by atoms with E-state index >= 15 is 0 Å². The van der Waals surface area contributed by atoms with Crippen molar-refractivity contribution in [3.63, 3.8) is 0 Å². The summed E-state index contributed by atoms with van der Waals surface area (Å²) in [5.74, 6) is -0.870. The fraction of sp³-hybridized carbons (Fsp3) is 0.375. The SMILES string of the molecule is Cc1cc(Br)c([C@@H](N)CC(=O)O)s1. The Morgan fingerprint density at radius 2 is 2.46 bits per heavy atom.